The van der Waals surface area contributed by atoms with Crippen molar-refractivity contribution in [3.63, 3.8) is 0 Å². The zero-order valence-electron chi connectivity index (χ0n) is 15.3. The van der Waals surface area contributed by atoms with Gasteiger partial charge in [-0.05, 0) is 30.6 Å². The minimum atomic E-state index is -2.99. The molecule has 2 fully saturated rings. The first-order chi connectivity index (χ1) is 13.3. The first-order valence-corrected chi connectivity index (χ1v) is 9.46. The van der Waals surface area contributed by atoms with Gasteiger partial charge in [-0.2, -0.15) is 8.78 Å². The molecule has 2 aliphatic carbocycles. The van der Waals surface area contributed by atoms with Crippen molar-refractivity contribution in [2.45, 2.75) is 31.6 Å². The molecule has 0 unspecified atom stereocenters. The molecular formula is C18H20F2N6O2. The van der Waals surface area contributed by atoms with Crippen molar-refractivity contribution in [2.24, 2.45) is 24.8 Å². The minimum absolute atomic E-state index is 0.176. The van der Waals surface area contributed by atoms with Crippen LogP contribution in [0, 0.1) is 17.8 Å². The van der Waals surface area contributed by atoms with Gasteiger partial charge >= 0.3 is 5.97 Å². The van der Waals surface area contributed by atoms with Crippen LogP contribution in [0.1, 0.15) is 30.5 Å². The maximum Gasteiger partial charge on any atom is 0.303 e. The fourth-order valence-electron chi connectivity index (χ4n) is 4.81. The lowest BCUT2D eigenvalue weighted by Crippen LogP contribution is -2.31. The van der Waals surface area contributed by atoms with Crippen LogP contribution in [-0.2, 0) is 24.2 Å². The normalized spacial score (nSPS) is 27.4. The van der Waals surface area contributed by atoms with E-state index >= 15 is 0 Å². The third kappa shape index (κ3) is 2.65. The van der Waals surface area contributed by atoms with Crippen LogP contribution in [0.3, 0.4) is 0 Å². The van der Waals surface area contributed by atoms with Gasteiger partial charge in [0.1, 0.15) is 17.2 Å². The second-order valence-corrected chi connectivity index (χ2v) is 7.99. The maximum absolute atomic E-state index is 14.7. The monoisotopic (exact) mass is 390 g/mol. The van der Waals surface area contributed by atoms with Gasteiger partial charge in [-0.1, -0.05) is 5.21 Å². The summed E-state index contributed by atoms with van der Waals surface area (Å²) < 4.78 is 30.8. The largest absolute Gasteiger partial charge is 0.481 e. The first kappa shape index (κ1) is 17.4. The molecule has 10 heteroatoms. The van der Waals surface area contributed by atoms with Gasteiger partial charge in [-0.25, -0.2) is 14.6 Å². The fourth-order valence-corrected chi connectivity index (χ4v) is 4.81. The van der Waals surface area contributed by atoms with Crippen molar-refractivity contribution in [3.05, 3.63) is 17.5 Å². The Hall–Kier alpha value is -2.65. The van der Waals surface area contributed by atoms with Crippen molar-refractivity contribution >= 4 is 11.8 Å². The average Bonchev–Trinajstić information content (AvgIpc) is 3.01. The Bertz CT molecular complexity index is 950. The van der Waals surface area contributed by atoms with E-state index in [4.69, 9.17) is 5.11 Å². The Labute approximate surface area is 159 Å². The zero-order valence-corrected chi connectivity index (χ0v) is 15.3. The van der Waals surface area contributed by atoms with Crippen LogP contribution in [0.2, 0.25) is 0 Å². The number of hydrogen-bond acceptors (Lipinski definition) is 6. The minimum Gasteiger partial charge on any atom is -0.481 e. The van der Waals surface area contributed by atoms with Crippen LogP contribution in [0.5, 0.6) is 0 Å². The molecule has 1 aliphatic heterocycles. The molecule has 28 heavy (non-hydrogen) atoms. The molecule has 1 saturated carbocycles. The van der Waals surface area contributed by atoms with Gasteiger partial charge in [0.25, 0.3) is 5.92 Å². The lowest BCUT2D eigenvalue weighted by molar-refractivity contribution is -0.137. The summed E-state index contributed by atoms with van der Waals surface area (Å²) in [4.78, 5) is 21.9. The number of alkyl halides is 2. The molecule has 0 aromatic carbocycles. The van der Waals surface area contributed by atoms with Crippen molar-refractivity contribution < 1.29 is 18.7 Å². The number of nitrogens with zero attached hydrogens (tertiary/aromatic N) is 6. The Morgan fingerprint density at radius 3 is 2.71 bits per heavy atom. The molecule has 0 spiro atoms. The summed E-state index contributed by atoms with van der Waals surface area (Å²) in [5, 5.41) is 16.7. The Morgan fingerprint density at radius 1 is 1.32 bits per heavy atom. The second kappa shape index (κ2) is 5.92. The molecule has 1 saturated heterocycles. The van der Waals surface area contributed by atoms with Crippen molar-refractivity contribution in [2.75, 3.05) is 18.0 Å². The number of halogens is 2. The molecule has 1 N–H and O–H groups in total. The van der Waals surface area contributed by atoms with Crippen LogP contribution in [-0.4, -0.2) is 49.1 Å². The van der Waals surface area contributed by atoms with Gasteiger partial charge < -0.3 is 10.0 Å². The molecule has 5 rings (SSSR count). The van der Waals surface area contributed by atoms with E-state index in [-0.39, 0.29) is 30.3 Å². The number of carboxylic acids is 1. The molecule has 3 atom stereocenters. The zero-order chi connectivity index (χ0) is 19.6. The number of carbonyl (C=O) groups is 1. The topological polar surface area (TPSA) is 97.0 Å². The molecule has 0 amide bonds. The van der Waals surface area contributed by atoms with Gasteiger partial charge in [0, 0.05) is 38.5 Å². The summed E-state index contributed by atoms with van der Waals surface area (Å²) >= 11 is 0. The van der Waals surface area contributed by atoms with Crippen LogP contribution in [0.4, 0.5) is 14.6 Å². The summed E-state index contributed by atoms with van der Waals surface area (Å²) in [6, 6.07) is 0. The molecule has 8 nitrogen and oxygen atoms in total. The van der Waals surface area contributed by atoms with Crippen molar-refractivity contribution in [1.82, 2.24) is 25.0 Å². The number of hydrogen-bond donors (Lipinski definition) is 1. The smallest absolute Gasteiger partial charge is 0.303 e. The van der Waals surface area contributed by atoms with E-state index in [1.54, 1.807) is 7.05 Å². The Kier molecular flexibility index (Phi) is 3.69. The third-order valence-electron chi connectivity index (χ3n) is 6.27. The maximum atomic E-state index is 14.7. The Morgan fingerprint density at radius 2 is 2.07 bits per heavy atom. The summed E-state index contributed by atoms with van der Waals surface area (Å²) in [5.74, 6) is -2.22. The van der Waals surface area contributed by atoms with Gasteiger partial charge in [-0.3, -0.25) is 4.79 Å². The van der Waals surface area contributed by atoms with E-state index in [9.17, 15) is 13.6 Å². The van der Waals surface area contributed by atoms with Gasteiger partial charge in [0.05, 0.1) is 6.20 Å². The van der Waals surface area contributed by atoms with Gasteiger partial charge in [0.15, 0.2) is 5.82 Å². The lowest BCUT2D eigenvalue weighted by Gasteiger charge is -2.30. The van der Waals surface area contributed by atoms with Gasteiger partial charge in [0.2, 0.25) is 0 Å². The molecule has 3 aliphatic rings. The first-order valence-electron chi connectivity index (χ1n) is 9.46. The highest BCUT2D eigenvalue weighted by Gasteiger charge is 2.57. The summed E-state index contributed by atoms with van der Waals surface area (Å²) in [6.45, 7) is 1.31. The number of aryl methyl sites for hydroxylation is 1. The standard InChI is InChI=1S/C18H20F2N6O2/c1-25-13(6-21-24-25)16-22-15-9(3-2-4-18(15,19)20)17(23-16)26-7-11-10(5-14(27)28)12(11)8-26/h6,10-12H,2-5,7-8H2,1H3,(H,27,28)/t10-,11-,12+. The van der Waals surface area contributed by atoms with E-state index in [0.29, 0.717) is 54.8 Å². The Balaban J connectivity index is 1.53. The summed E-state index contributed by atoms with van der Waals surface area (Å²) in [5.41, 5.74) is 0.812. The summed E-state index contributed by atoms with van der Waals surface area (Å²) in [6.07, 6.45) is 2.34. The third-order valence-corrected chi connectivity index (χ3v) is 6.27. The molecule has 0 radical (unpaired) electrons. The average molecular weight is 390 g/mol. The predicted molar refractivity (Wildman–Crippen MR) is 93.8 cm³/mol. The highest BCUT2D eigenvalue weighted by atomic mass is 19.3. The van der Waals surface area contributed by atoms with Crippen molar-refractivity contribution in [1.29, 1.82) is 0 Å². The highest BCUT2D eigenvalue weighted by molar-refractivity contribution is 5.68. The van der Waals surface area contributed by atoms with E-state index in [2.05, 4.69) is 20.3 Å². The van der Waals surface area contributed by atoms with Crippen LogP contribution in [0.15, 0.2) is 6.20 Å². The number of rotatable bonds is 4. The molecule has 148 valence electrons. The molecule has 3 heterocycles. The molecule has 2 aromatic heterocycles. The highest BCUT2D eigenvalue weighted by Crippen LogP contribution is 2.55. The number of fused-ring (bicyclic) bond motifs is 2. The molecule has 2 aromatic rings. The van der Waals surface area contributed by atoms with E-state index in [0.717, 1.165) is 0 Å². The lowest BCUT2D eigenvalue weighted by atomic mass is 9.92. The number of piperidine rings is 1. The van der Waals surface area contributed by atoms with E-state index in [1.807, 2.05) is 4.90 Å². The second-order valence-electron chi connectivity index (χ2n) is 7.99. The van der Waals surface area contributed by atoms with Gasteiger partial charge in [-0.15, -0.1) is 5.10 Å². The van der Waals surface area contributed by atoms with Crippen LogP contribution >= 0.6 is 0 Å². The number of carboxylic acid groups (broad SMARTS) is 1. The molecular weight excluding hydrogens is 370 g/mol. The van der Waals surface area contributed by atoms with Crippen molar-refractivity contribution in [3.8, 4) is 11.5 Å². The number of aromatic nitrogens is 5. The van der Waals surface area contributed by atoms with Crippen LogP contribution in [0.25, 0.3) is 11.5 Å². The predicted octanol–water partition coefficient (Wildman–Crippen LogP) is 1.86. The number of aliphatic carboxylic acids is 1. The van der Waals surface area contributed by atoms with E-state index < -0.39 is 11.9 Å². The van der Waals surface area contributed by atoms with Crippen LogP contribution < -0.4 is 4.90 Å². The summed E-state index contributed by atoms with van der Waals surface area (Å²) in [7, 11) is 1.67. The fraction of sp³-hybridized carbons (Fsp3) is 0.611. The number of anilines is 1. The SMILES string of the molecule is Cn1nncc1-c1nc(N2C[C@@H]3[C@@H](CC(=O)O)[C@@H]3C2)c2c(n1)C(F)(F)CCC2. The quantitative estimate of drug-likeness (QED) is 0.851. The van der Waals surface area contributed by atoms with E-state index in [1.165, 1.54) is 10.9 Å². The molecule has 0 bridgehead atoms.